The van der Waals surface area contributed by atoms with Crippen molar-refractivity contribution in [3.05, 3.63) is 96.1 Å². The molecule has 5 rings (SSSR count). The summed E-state index contributed by atoms with van der Waals surface area (Å²) in [4.78, 5) is 0. The van der Waals surface area contributed by atoms with Gasteiger partial charge in [0.2, 0.25) is 0 Å². The van der Waals surface area contributed by atoms with Crippen LogP contribution in [-0.2, 0) is 5.41 Å². The van der Waals surface area contributed by atoms with Gasteiger partial charge in [-0.2, -0.15) is 0 Å². The molecule has 0 atom stereocenters. The fraction of sp³-hybridized carbons (Fsp3) is 0.167. The Labute approximate surface area is 148 Å². The Morgan fingerprint density at radius 2 is 1.12 bits per heavy atom. The minimum Gasteiger partial charge on any atom is -0.315 e. The van der Waals surface area contributed by atoms with Crippen molar-refractivity contribution < 1.29 is 0 Å². The van der Waals surface area contributed by atoms with Gasteiger partial charge in [0.25, 0.3) is 0 Å². The van der Waals surface area contributed by atoms with Crippen molar-refractivity contribution in [1.29, 1.82) is 0 Å². The van der Waals surface area contributed by atoms with Gasteiger partial charge in [-0.15, -0.1) is 0 Å². The van der Waals surface area contributed by atoms with Crippen molar-refractivity contribution in [2.45, 2.75) is 11.8 Å². The van der Waals surface area contributed by atoms with E-state index in [-0.39, 0.29) is 5.41 Å². The van der Waals surface area contributed by atoms with E-state index in [1.54, 1.807) is 0 Å². The summed E-state index contributed by atoms with van der Waals surface area (Å²) >= 11 is 0. The maximum absolute atomic E-state index is 3.61. The van der Waals surface area contributed by atoms with Crippen LogP contribution in [0.1, 0.15) is 17.5 Å². The van der Waals surface area contributed by atoms with E-state index in [4.69, 9.17) is 0 Å². The fourth-order valence-corrected chi connectivity index (χ4v) is 4.33. The number of hydrogen-bond donors (Lipinski definition) is 1. The highest BCUT2D eigenvalue weighted by Gasteiger charge is 2.37. The zero-order valence-corrected chi connectivity index (χ0v) is 14.2. The lowest BCUT2D eigenvalue weighted by atomic mass is 9.73. The third-order valence-electron chi connectivity index (χ3n) is 5.76. The second-order valence-electron chi connectivity index (χ2n) is 7.13. The molecule has 25 heavy (non-hydrogen) atoms. The quantitative estimate of drug-likeness (QED) is 0.530. The maximum atomic E-state index is 3.61. The van der Waals surface area contributed by atoms with Crippen LogP contribution < -0.4 is 5.32 Å². The van der Waals surface area contributed by atoms with Gasteiger partial charge >= 0.3 is 0 Å². The van der Waals surface area contributed by atoms with Crippen molar-refractivity contribution in [3.8, 4) is 0 Å². The SMILES string of the molecule is c1ccc2cc(C3(c4ccc5ccccc5c4)CCNC3)ccc2c1. The van der Waals surface area contributed by atoms with Crippen LogP contribution in [0, 0.1) is 0 Å². The highest BCUT2D eigenvalue weighted by atomic mass is 14.9. The number of fused-ring (bicyclic) bond motifs is 2. The summed E-state index contributed by atoms with van der Waals surface area (Å²) in [5, 5.41) is 8.88. The van der Waals surface area contributed by atoms with E-state index in [9.17, 15) is 0 Å². The molecule has 1 heteroatoms. The first kappa shape index (κ1) is 14.7. The zero-order chi connectivity index (χ0) is 16.7. The molecule has 1 N–H and O–H groups in total. The molecule has 0 amide bonds. The molecule has 122 valence electrons. The summed E-state index contributed by atoms with van der Waals surface area (Å²) in [5.41, 5.74) is 2.91. The molecule has 0 saturated carbocycles. The molecule has 1 aliphatic heterocycles. The lowest BCUT2D eigenvalue weighted by molar-refractivity contribution is 0.572. The first-order chi connectivity index (χ1) is 12.4. The third kappa shape index (κ3) is 2.35. The van der Waals surface area contributed by atoms with Crippen LogP contribution in [0.5, 0.6) is 0 Å². The van der Waals surface area contributed by atoms with E-state index >= 15 is 0 Å². The number of rotatable bonds is 2. The predicted octanol–water partition coefficient (Wildman–Crippen LogP) is 5.27. The molecule has 1 fully saturated rings. The minimum absolute atomic E-state index is 0.0636. The van der Waals surface area contributed by atoms with Gasteiger partial charge in [0.05, 0.1) is 0 Å². The van der Waals surface area contributed by atoms with E-state index in [0.717, 1.165) is 19.5 Å². The number of hydrogen-bond acceptors (Lipinski definition) is 1. The Morgan fingerprint density at radius 3 is 1.60 bits per heavy atom. The summed E-state index contributed by atoms with van der Waals surface area (Å²) in [6.07, 6.45) is 1.14. The highest BCUT2D eigenvalue weighted by Crippen LogP contribution is 2.40. The second-order valence-corrected chi connectivity index (χ2v) is 7.13. The van der Waals surface area contributed by atoms with Gasteiger partial charge < -0.3 is 5.32 Å². The fourth-order valence-electron chi connectivity index (χ4n) is 4.33. The summed E-state index contributed by atoms with van der Waals surface area (Å²) in [7, 11) is 0. The highest BCUT2D eigenvalue weighted by molar-refractivity contribution is 5.85. The molecule has 4 aromatic rings. The van der Waals surface area contributed by atoms with E-state index in [0.29, 0.717) is 0 Å². The molecular formula is C24H21N. The van der Waals surface area contributed by atoms with Crippen LogP contribution in [-0.4, -0.2) is 13.1 Å². The van der Waals surface area contributed by atoms with Crippen molar-refractivity contribution in [2.24, 2.45) is 0 Å². The van der Waals surface area contributed by atoms with Crippen molar-refractivity contribution in [3.63, 3.8) is 0 Å². The topological polar surface area (TPSA) is 12.0 Å². The Hall–Kier alpha value is -2.64. The smallest absolute Gasteiger partial charge is 0.0339 e. The zero-order valence-electron chi connectivity index (χ0n) is 14.2. The van der Waals surface area contributed by atoms with Crippen molar-refractivity contribution in [1.82, 2.24) is 5.32 Å². The standard InChI is InChI=1S/C24H21N/c1-3-7-20-15-22(11-9-18(20)5-1)24(13-14-25-17-24)23-12-10-19-6-2-4-8-21(19)16-23/h1-12,15-16,25H,13-14,17H2. The largest absolute Gasteiger partial charge is 0.315 e. The van der Waals surface area contributed by atoms with E-state index in [2.05, 4.69) is 90.2 Å². The van der Waals surface area contributed by atoms with Gasteiger partial charge in [-0.1, -0.05) is 84.9 Å². The monoisotopic (exact) mass is 323 g/mol. The lowest BCUT2D eigenvalue weighted by Gasteiger charge is -2.30. The van der Waals surface area contributed by atoms with Crippen LogP contribution >= 0.6 is 0 Å². The molecule has 1 saturated heterocycles. The summed E-state index contributed by atoms with van der Waals surface area (Å²) < 4.78 is 0. The van der Waals surface area contributed by atoms with Gasteiger partial charge in [0.1, 0.15) is 0 Å². The van der Waals surface area contributed by atoms with Crippen LogP contribution in [0.15, 0.2) is 84.9 Å². The van der Waals surface area contributed by atoms with Gasteiger partial charge in [-0.25, -0.2) is 0 Å². The average Bonchev–Trinajstić information content (AvgIpc) is 3.18. The summed E-state index contributed by atoms with van der Waals surface area (Å²) in [6, 6.07) is 31.2. The first-order valence-electron chi connectivity index (χ1n) is 9.04. The minimum atomic E-state index is 0.0636. The molecule has 0 radical (unpaired) electrons. The van der Waals surface area contributed by atoms with Gasteiger partial charge in [0, 0.05) is 12.0 Å². The molecule has 1 aliphatic rings. The second kappa shape index (κ2) is 5.72. The van der Waals surface area contributed by atoms with Crippen LogP contribution in [0.2, 0.25) is 0 Å². The summed E-state index contributed by atoms with van der Waals surface area (Å²) in [5.74, 6) is 0. The van der Waals surface area contributed by atoms with Gasteiger partial charge in [-0.05, 0) is 45.6 Å². The Balaban J connectivity index is 1.71. The molecule has 4 aromatic carbocycles. The third-order valence-corrected chi connectivity index (χ3v) is 5.76. The molecule has 0 aromatic heterocycles. The van der Waals surface area contributed by atoms with E-state index in [1.165, 1.54) is 32.7 Å². The first-order valence-corrected chi connectivity index (χ1v) is 9.04. The van der Waals surface area contributed by atoms with Gasteiger partial charge in [-0.3, -0.25) is 0 Å². The molecule has 0 bridgehead atoms. The van der Waals surface area contributed by atoms with Crippen LogP contribution in [0.4, 0.5) is 0 Å². The Bertz CT molecular complexity index is 976. The number of benzene rings is 4. The summed E-state index contributed by atoms with van der Waals surface area (Å²) in [6.45, 7) is 2.07. The van der Waals surface area contributed by atoms with Crippen molar-refractivity contribution >= 4 is 21.5 Å². The normalized spacial score (nSPS) is 16.5. The predicted molar refractivity (Wildman–Crippen MR) is 106 cm³/mol. The molecule has 0 aliphatic carbocycles. The molecular weight excluding hydrogens is 302 g/mol. The molecule has 0 spiro atoms. The maximum Gasteiger partial charge on any atom is 0.0339 e. The lowest BCUT2D eigenvalue weighted by Crippen LogP contribution is -2.30. The number of nitrogens with one attached hydrogen (secondary N) is 1. The average molecular weight is 323 g/mol. The van der Waals surface area contributed by atoms with Crippen LogP contribution in [0.3, 0.4) is 0 Å². The Morgan fingerprint density at radius 1 is 0.600 bits per heavy atom. The van der Waals surface area contributed by atoms with Gasteiger partial charge in [0.15, 0.2) is 0 Å². The molecule has 1 nitrogen and oxygen atoms in total. The molecule has 0 unspecified atom stereocenters. The van der Waals surface area contributed by atoms with E-state index in [1.807, 2.05) is 0 Å². The molecule has 1 heterocycles. The van der Waals surface area contributed by atoms with Crippen LogP contribution in [0.25, 0.3) is 21.5 Å². The van der Waals surface area contributed by atoms with E-state index < -0.39 is 0 Å². The van der Waals surface area contributed by atoms with Crippen molar-refractivity contribution in [2.75, 3.05) is 13.1 Å². The Kier molecular flexibility index (Phi) is 3.36.